The lowest BCUT2D eigenvalue weighted by molar-refractivity contribution is -0.115. The summed E-state index contributed by atoms with van der Waals surface area (Å²) < 4.78 is 0. The second-order valence-corrected chi connectivity index (χ2v) is 9.63. The van der Waals surface area contributed by atoms with E-state index < -0.39 is 11.5 Å². The van der Waals surface area contributed by atoms with Crippen LogP contribution in [-0.4, -0.2) is 46.1 Å². The number of carboxylic acid groups (broad SMARTS) is 1. The molecule has 186 valence electrons. The highest BCUT2D eigenvalue weighted by atomic mass is 35.5. The van der Waals surface area contributed by atoms with E-state index in [4.69, 9.17) is 16.7 Å². The van der Waals surface area contributed by atoms with Gasteiger partial charge in [0.2, 0.25) is 11.9 Å². The van der Waals surface area contributed by atoms with E-state index in [0.29, 0.717) is 45.7 Å². The van der Waals surface area contributed by atoms with Gasteiger partial charge in [0.1, 0.15) is 0 Å². The number of carbonyl (C=O) groups excluding carboxylic acids is 2. The molecule has 1 aliphatic rings. The highest BCUT2D eigenvalue weighted by molar-refractivity contribution is 6.31. The number of hydrogen-bond acceptors (Lipinski definition) is 6. The molecule has 10 nitrogen and oxygen atoms in total. The maximum absolute atomic E-state index is 12.5. The fourth-order valence-corrected chi connectivity index (χ4v) is 3.83. The van der Waals surface area contributed by atoms with Crippen LogP contribution in [0.5, 0.6) is 0 Å². The van der Waals surface area contributed by atoms with Crippen LogP contribution in [0.1, 0.15) is 29.8 Å². The summed E-state index contributed by atoms with van der Waals surface area (Å²) in [5.74, 6) is -0.0930. The van der Waals surface area contributed by atoms with Gasteiger partial charge in [-0.05, 0) is 47.9 Å². The zero-order valence-electron chi connectivity index (χ0n) is 19.7. The van der Waals surface area contributed by atoms with Crippen molar-refractivity contribution in [1.29, 1.82) is 0 Å². The van der Waals surface area contributed by atoms with Crippen LogP contribution >= 0.6 is 11.6 Å². The van der Waals surface area contributed by atoms with E-state index in [1.807, 2.05) is 19.9 Å². The predicted octanol–water partition coefficient (Wildman–Crippen LogP) is 4.06. The van der Waals surface area contributed by atoms with Gasteiger partial charge in [-0.3, -0.25) is 9.59 Å². The molecule has 2 heterocycles. The lowest BCUT2D eigenvalue weighted by Gasteiger charge is -2.24. The van der Waals surface area contributed by atoms with Gasteiger partial charge in [-0.2, -0.15) is 0 Å². The molecule has 5 N–H and O–H groups in total. The topological polar surface area (TPSA) is 145 Å². The van der Waals surface area contributed by atoms with E-state index in [-0.39, 0.29) is 24.8 Å². The minimum atomic E-state index is -1.10. The molecule has 2 aromatic carbocycles. The number of amides is 3. The van der Waals surface area contributed by atoms with Gasteiger partial charge in [0.15, 0.2) is 0 Å². The first kappa shape index (κ1) is 24.9. The Bertz CT molecular complexity index is 1330. The van der Waals surface area contributed by atoms with Gasteiger partial charge in [0.25, 0.3) is 5.91 Å². The number of aromatic nitrogens is 2. The van der Waals surface area contributed by atoms with Crippen LogP contribution in [0, 0.1) is 5.41 Å². The lowest BCUT2D eigenvalue weighted by atomic mass is 9.93. The summed E-state index contributed by atoms with van der Waals surface area (Å²) in [5, 5.41) is 20.4. The Hall–Kier alpha value is -4.18. The molecule has 0 atom stereocenters. The number of fused-ring (bicyclic) bond motifs is 3. The smallest absolute Gasteiger partial charge is 0.404 e. The number of nitrogens with zero attached hydrogens (tertiary/aromatic N) is 2. The molecule has 0 spiro atoms. The third-order valence-corrected chi connectivity index (χ3v) is 5.81. The van der Waals surface area contributed by atoms with Crippen molar-refractivity contribution in [1.82, 2.24) is 20.6 Å². The van der Waals surface area contributed by atoms with Gasteiger partial charge in [0, 0.05) is 46.7 Å². The highest BCUT2D eigenvalue weighted by Gasteiger charge is 2.22. The van der Waals surface area contributed by atoms with Gasteiger partial charge in [-0.15, -0.1) is 0 Å². The minimum absolute atomic E-state index is 0.148. The van der Waals surface area contributed by atoms with Crippen molar-refractivity contribution in [3.63, 3.8) is 0 Å². The second kappa shape index (κ2) is 10.2. The average molecular weight is 509 g/mol. The van der Waals surface area contributed by atoms with Crippen molar-refractivity contribution < 1.29 is 19.5 Å². The van der Waals surface area contributed by atoms with Gasteiger partial charge in [-0.1, -0.05) is 25.4 Å². The van der Waals surface area contributed by atoms with Gasteiger partial charge < -0.3 is 26.4 Å². The summed E-state index contributed by atoms with van der Waals surface area (Å²) in [6, 6.07) is 12.1. The van der Waals surface area contributed by atoms with Crippen LogP contribution in [0.4, 0.5) is 22.1 Å². The maximum atomic E-state index is 12.5. The molecule has 36 heavy (non-hydrogen) atoms. The number of halogens is 1. The van der Waals surface area contributed by atoms with E-state index in [0.717, 1.165) is 5.56 Å². The van der Waals surface area contributed by atoms with Crippen molar-refractivity contribution in [2.45, 2.75) is 20.3 Å². The number of anilines is 3. The fourth-order valence-electron chi connectivity index (χ4n) is 3.66. The van der Waals surface area contributed by atoms with Crippen LogP contribution in [0.3, 0.4) is 0 Å². The Balaban J connectivity index is 1.45. The minimum Gasteiger partial charge on any atom is -0.465 e. The van der Waals surface area contributed by atoms with Crippen LogP contribution in [-0.2, 0) is 11.2 Å². The normalized spacial score (nSPS) is 12.5. The molecule has 0 unspecified atom stereocenters. The molecule has 0 fully saturated rings. The molecule has 3 aromatic rings. The summed E-state index contributed by atoms with van der Waals surface area (Å²) in [6.45, 7) is 4.23. The number of benzene rings is 2. The Morgan fingerprint density at radius 1 is 1.11 bits per heavy atom. The summed E-state index contributed by atoms with van der Waals surface area (Å²) in [4.78, 5) is 44.5. The molecule has 1 aliphatic heterocycles. The number of hydrogen-bond donors (Lipinski definition) is 5. The first-order valence-corrected chi connectivity index (χ1v) is 11.6. The predicted molar refractivity (Wildman–Crippen MR) is 137 cm³/mol. The summed E-state index contributed by atoms with van der Waals surface area (Å²) in [5.41, 5.74) is 3.37. The maximum Gasteiger partial charge on any atom is 0.404 e. The van der Waals surface area contributed by atoms with Gasteiger partial charge in [-0.25, -0.2) is 14.8 Å². The standard InChI is InChI=1S/C25H25ClN6O4/c1-25(2,13-29-24(35)36)12-28-22(34)14-3-6-17(7-4-14)30-23-27-11-15-9-20(33)31-19-10-16(26)5-8-18(19)21(15)32-23/h3-8,10-11,29H,9,12-13H2,1-2H3,(H,28,34)(H,31,33)(H,35,36)(H,27,30,32). The SMILES string of the molecule is CC(C)(CNC(=O)O)CNC(=O)c1ccc(Nc2ncc3c(n2)-c2ccc(Cl)cc2NC(=O)C3)cc1. The van der Waals surface area contributed by atoms with Crippen LogP contribution in [0.15, 0.2) is 48.7 Å². The Morgan fingerprint density at radius 3 is 2.56 bits per heavy atom. The number of rotatable bonds is 7. The van der Waals surface area contributed by atoms with Crippen LogP contribution in [0.25, 0.3) is 11.3 Å². The Kier molecular flexibility index (Phi) is 7.07. The molecule has 0 radical (unpaired) electrons. The molecule has 0 aliphatic carbocycles. The zero-order valence-corrected chi connectivity index (χ0v) is 20.4. The molecule has 0 saturated heterocycles. The highest BCUT2D eigenvalue weighted by Crippen LogP contribution is 2.34. The number of nitrogens with one attached hydrogen (secondary N) is 4. The van der Waals surface area contributed by atoms with E-state index in [9.17, 15) is 14.4 Å². The van der Waals surface area contributed by atoms with E-state index in [1.54, 1.807) is 42.6 Å². The first-order chi connectivity index (χ1) is 17.1. The second-order valence-electron chi connectivity index (χ2n) is 9.19. The molecule has 4 rings (SSSR count). The molecule has 0 saturated carbocycles. The third-order valence-electron chi connectivity index (χ3n) is 5.58. The average Bonchev–Trinajstić information content (AvgIpc) is 2.96. The van der Waals surface area contributed by atoms with Crippen molar-refractivity contribution >= 4 is 46.8 Å². The van der Waals surface area contributed by atoms with E-state index in [2.05, 4.69) is 31.2 Å². The summed E-state index contributed by atoms with van der Waals surface area (Å²) >= 11 is 6.10. The third kappa shape index (κ3) is 6.08. The van der Waals surface area contributed by atoms with Crippen molar-refractivity contribution in [3.05, 3.63) is 64.8 Å². The molecular formula is C25H25ClN6O4. The largest absolute Gasteiger partial charge is 0.465 e. The molecular weight excluding hydrogens is 484 g/mol. The van der Waals surface area contributed by atoms with Gasteiger partial charge >= 0.3 is 6.09 Å². The van der Waals surface area contributed by atoms with Crippen molar-refractivity contribution in [2.24, 2.45) is 5.41 Å². The van der Waals surface area contributed by atoms with Crippen molar-refractivity contribution in [2.75, 3.05) is 23.7 Å². The van der Waals surface area contributed by atoms with Crippen molar-refractivity contribution in [3.8, 4) is 11.3 Å². The molecule has 3 amide bonds. The number of carbonyl (C=O) groups is 3. The lowest BCUT2D eigenvalue weighted by Crippen LogP contribution is -2.41. The van der Waals surface area contributed by atoms with Gasteiger partial charge in [0.05, 0.1) is 17.8 Å². The quantitative estimate of drug-likeness (QED) is 0.323. The molecule has 1 aromatic heterocycles. The van der Waals surface area contributed by atoms with Crippen LogP contribution < -0.4 is 21.3 Å². The summed E-state index contributed by atoms with van der Waals surface area (Å²) in [6.07, 6.45) is 0.667. The summed E-state index contributed by atoms with van der Waals surface area (Å²) in [7, 11) is 0. The van der Waals surface area contributed by atoms with E-state index >= 15 is 0 Å². The monoisotopic (exact) mass is 508 g/mol. The molecule has 11 heteroatoms. The Labute approximate surface area is 212 Å². The first-order valence-electron chi connectivity index (χ1n) is 11.2. The zero-order chi connectivity index (χ0) is 25.9. The van der Waals surface area contributed by atoms with Crippen LogP contribution in [0.2, 0.25) is 5.02 Å². The molecule has 0 bridgehead atoms. The fraction of sp³-hybridized carbons (Fsp3) is 0.240. The van der Waals surface area contributed by atoms with E-state index in [1.165, 1.54) is 0 Å². The Morgan fingerprint density at radius 2 is 1.83 bits per heavy atom.